The SMILES string of the molecule is C#CCN1CCC(N2CC(c3ccccc3)(c3ccccc3)NC2=O)CC1. The fourth-order valence-corrected chi connectivity index (χ4v) is 4.37. The highest BCUT2D eigenvalue weighted by Gasteiger charge is 2.47. The fraction of sp³-hybridized carbons (Fsp3) is 0.348. The second kappa shape index (κ2) is 7.46. The lowest BCUT2D eigenvalue weighted by Crippen LogP contribution is -2.46. The van der Waals surface area contributed by atoms with Crippen LogP contribution in [0.25, 0.3) is 0 Å². The number of nitrogens with one attached hydrogen (secondary N) is 1. The van der Waals surface area contributed by atoms with Crippen molar-refractivity contribution >= 4 is 6.03 Å². The Morgan fingerprint density at radius 2 is 1.56 bits per heavy atom. The maximum absolute atomic E-state index is 13.0. The van der Waals surface area contributed by atoms with Gasteiger partial charge >= 0.3 is 6.03 Å². The van der Waals surface area contributed by atoms with Crippen LogP contribution in [0.5, 0.6) is 0 Å². The van der Waals surface area contributed by atoms with Crippen LogP contribution in [0.1, 0.15) is 24.0 Å². The van der Waals surface area contributed by atoms with Crippen LogP contribution in [0.4, 0.5) is 4.79 Å². The molecule has 2 aliphatic heterocycles. The van der Waals surface area contributed by atoms with Gasteiger partial charge in [0.1, 0.15) is 5.54 Å². The molecule has 138 valence electrons. The number of hydrogen-bond acceptors (Lipinski definition) is 2. The lowest BCUT2D eigenvalue weighted by atomic mass is 9.83. The topological polar surface area (TPSA) is 35.6 Å². The van der Waals surface area contributed by atoms with Crippen molar-refractivity contribution in [2.24, 2.45) is 0 Å². The minimum atomic E-state index is -0.504. The molecule has 0 aliphatic carbocycles. The van der Waals surface area contributed by atoms with E-state index in [-0.39, 0.29) is 12.1 Å². The highest BCUT2D eigenvalue weighted by Crippen LogP contribution is 2.36. The summed E-state index contributed by atoms with van der Waals surface area (Å²) in [6, 6.07) is 20.9. The Kier molecular flexibility index (Phi) is 4.87. The Balaban J connectivity index is 1.62. The molecule has 0 bridgehead atoms. The summed E-state index contributed by atoms with van der Waals surface area (Å²) in [4.78, 5) is 17.3. The number of likely N-dealkylation sites (tertiary alicyclic amines) is 1. The molecule has 2 aromatic carbocycles. The van der Waals surface area contributed by atoms with Gasteiger partial charge in [0, 0.05) is 19.1 Å². The van der Waals surface area contributed by atoms with Crippen LogP contribution in [0.15, 0.2) is 60.7 Å². The second-order valence-corrected chi connectivity index (χ2v) is 7.41. The molecule has 2 heterocycles. The molecular weight excluding hydrogens is 334 g/mol. The molecule has 27 heavy (non-hydrogen) atoms. The van der Waals surface area contributed by atoms with Crippen molar-refractivity contribution in [2.45, 2.75) is 24.4 Å². The first-order valence-electron chi connectivity index (χ1n) is 9.58. The zero-order valence-corrected chi connectivity index (χ0v) is 15.5. The molecule has 0 radical (unpaired) electrons. The van der Waals surface area contributed by atoms with E-state index in [1.54, 1.807) is 0 Å². The van der Waals surface area contributed by atoms with Gasteiger partial charge in [-0.2, -0.15) is 0 Å². The third-order valence-corrected chi connectivity index (χ3v) is 5.83. The second-order valence-electron chi connectivity index (χ2n) is 7.41. The number of hydrogen-bond donors (Lipinski definition) is 1. The molecule has 0 spiro atoms. The van der Waals surface area contributed by atoms with Gasteiger partial charge in [0.05, 0.1) is 13.1 Å². The van der Waals surface area contributed by atoms with Crippen molar-refractivity contribution < 1.29 is 4.79 Å². The Hall–Kier alpha value is -2.77. The first-order chi connectivity index (χ1) is 13.2. The third kappa shape index (κ3) is 3.31. The molecule has 2 saturated heterocycles. The largest absolute Gasteiger partial charge is 0.323 e. The van der Waals surface area contributed by atoms with Gasteiger partial charge in [0.2, 0.25) is 0 Å². The normalized spacial score (nSPS) is 20.3. The number of nitrogens with zero attached hydrogens (tertiary/aromatic N) is 2. The van der Waals surface area contributed by atoms with Crippen molar-refractivity contribution in [1.29, 1.82) is 0 Å². The van der Waals surface area contributed by atoms with E-state index in [4.69, 9.17) is 6.42 Å². The third-order valence-electron chi connectivity index (χ3n) is 5.83. The summed E-state index contributed by atoms with van der Waals surface area (Å²) >= 11 is 0. The number of rotatable bonds is 4. The predicted octanol–water partition coefficient (Wildman–Crippen LogP) is 3.05. The Morgan fingerprint density at radius 1 is 1.00 bits per heavy atom. The molecule has 4 nitrogen and oxygen atoms in total. The Labute approximate surface area is 161 Å². The lowest BCUT2D eigenvalue weighted by molar-refractivity contribution is 0.140. The molecule has 0 aromatic heterocycles. The average Bonchev–Trinajstić information content (AvgIpc) is 3.09. The lowest BCUT2D eigenvalue weighted by Gasteiger charge is -2.36. The van der Waals surface area contributed by atoms with E-state index in [1.807, 2.05) is 41.3 Å². The highest BCUT2D eigenvalue weighted by atomic mass is 16.2. The molecule has 0 saturated carbocycles. The van der Waals surface area contributed by atoms with Crippen molar-refractivity contribution in [2.75, 3.05) is 26.2 Å². The zero-order valence-electron chi connectivity index (χ0n) is 15.5. The summed E-state index contributed by atoms with van der Waals surface area (Å²) in [7, 11) is 0. The van der Waals surface area contributed by atoms with E-state index in [0.717, 1.165) is 37.1 Å². The van der Waals surface area contributed by atoms with Gasteiger partial charge in [-0.25, -0.2) is 4.79 Å². The quantitative estimate of drug-likeness (QED) is 0.852. The smallest absolute Gasteiger partial charge is 0.318 e. The standard InChI is InChI=1S/C23H25N3O/c1-2-15-25-16-13-21(14-17-25)26-18-23(24-22(26)27,19-9-5-3-6-10-19)20-11-7-4-8-12-20/h1,3-12,21H,13-18H2,(H,24,27). The molecule has 2 aliphatic rings. The number of benzene rings is 2. The summed E-state index contributed by atoms with van der Waals surface area (Å²) < 4.78 is 0. The molecular formula is C23H25N3O. The van der Waals surface area contributed by atoms with Crippen molar-refractivity contribution in [3.63, 3.8) is 0 Å². The molecule has 0 atom stereocenters. The first-order valence-corrected chi connectivity index (χ1v) is 9.58. The molecule has 2 aromatic rings. The number of terminal acetylenes is 1. The maximum atomic E-state index is 13.0. The van der Waals surface area contributed by atoms with Gasteiger partial charge < -0.3 is 10.2 Å². The minimum absolute atomic E-state index is 0.0260. The number of carbonyl (C=O) groups is 1. The molecule has 1 N–H and O–H groups in total. The van der Waals surface area contributed by atoms with E-state index in [2.05, 4.69) is 40.4 Å². The van der Waals surface area contributed by atoms with Crippen molar-refractivity contribution in [1.82, 2.24) is 15.1 Å². The van der Waals surface area contributed by atoms with Gasteiger partial charge in [-0.3, -0.25) is 4.90 Å². The molecule has 2 fully saturated rings. The van der Waals surface area contributed by atoms with Gasteiger partial charge in [0.15, 0.2) is 0 Å². The Morgan fingerprint density at radius 3 is 2.07 bits per heavy atom. The van der Waals surface area contributed by atoms with Gasteiger partial charge in [-0.1, -0.05) is 66.6 Å². The summed E-state index contributed by atoms with van der Waals surface area (Å²) in [6.07, 6.45) is 7.37. The van der Waals surface area contributed by atoms with E-state index < -0.39 is 5.54 Å². The number of carbonyl (C=O) groups excluding carboxylic acids is 1. The Bertz CT molecular complexity index is 780. The van der Waals surface area contributed by atoms with E-state index in [9.17, 15) is 4.79 Å². The highest BCUT2D eigenvalue weighted by molar-refractivity contribution is 5.80. The van der Waals surface area contributed by atoms with Crippen LogP contribution in [-0.4, -0.2) is 48.1 Å². The summed E-state index contributed by atoms with van der Waals surface area (Å²) in [5, 5.41) is 3.32. The van der Waals surface area contributed by atoms with Crippen LogP contribution in [0, 0.1) is 12.3 Å². The average molecular weight is 359 g/mol. The van der Waals surface area contributed by atoms with E-state index in [0.29, 0.717) is 13.1 Å². The van der Waals surface area contributed by atoms with Gasteiger partial charge in [0.25, 0.3) is 0 Å². The number of piperidine rings is 1. The number of urea groups is 1. The zero-order chi connectivity index (χ0) is 18.7. The van der Waals surface area contributed by atoms with Crippen molar-refractivity contribution in [3.8, 4) is 12.3 Å². The molecule has 0 unspecified atom stereocenters. The van der Waals surface area contributed by atoms with Crippen LogP contribution in [0.3, 0.4) is 0 Å². The number of amides is 2. The van der Waals surface area contributed by atoms with Crippen LogP contribution in [-0.2, 0) is 5.54 Å². The van der Waals surface area contributed by atoms with E-state index >= 15 is 0 Å². The molecule has 4 heteroatoms. The monoisotopic (exact) mass is 359 g/mol. The van der Waals surface area contributed by atoms with Gasteiger partial charge in [-0.15, -0.1) is 6.42 Å². The van der Waals surface area contributed by atoms with Crippen LogP contribution in [0.2, 0.25) is 0 Å². The molecule has 4 rings (SSSR count). The van der Waals surface area contributed by atoms with E-state index in [1.165, 1.54) is 0 Å². The van der Waals surface area contributed by atoms with Gasteiger partial charge in [-0.05, 0) is 24.0 Å². The summed E-state index contributed by atoms with van der Waals surface area (Å²) in [6.45, 7) is 3.24. The van der Waals surface area contributed by atoms with Crippen LogP contribution < -0.4 is 5.32 Å². The van der Waals surface area contributed by atoms with Crippen LogP contribution >= 0.6 is 0 Å². The summed E-state index contributed by atoms with van der Waals surface area (Å²) in [5.74, 6) is 2.72. The maximum Gasteiger partial charge on any atom is 0.318 e. The predicted molar refractivity (Wildman–Crippen MR) is 107 cm³/mol. The molecule has 2 amide bonds. The fourth-order valence-electron chi connectivity index (χ4n) is 4.37. The van der Waals surface area contributed by atoms with Crippen molar-refractivity contribution in [3.05, 3.63) is 71.8 Å². The first kappa shape index (κ1) is 17.6. The minimum Gasteiger partial charge on any atom is -0.323 e. The summed E-state index contributed by atoms with van der Waals surface area (Å²) in [5.41, 5.74) is 1.74.